The number of carbonyl (C=O) groups is 1. The van der Waals surface area contributed by atoms with Crippen molar-refractivity contribution in [2.45, 2.75) is 25.4 Å². The number of carbonyl (C=O) groups excluding carboxylic acids is 1. The van der Waals surface area contributed by atoms with Gasteiger partial charge in [-0.2, -0.15) is 0 Å². The van der Waals surface area contributed by atoms with Crippen LogP contribution in [0.5, 0.6) is 0 Å². The van der Waals surface area contributed by atoms with Gasteiger partial charge in [-0.25, -0.2) is 9.78 Å². The Labute approximate surface area is 120 Å². The predicted molar refractivity (Wildman–Crippen MR) is 76.2 cm³/mol. The van der Waals surface area contributed by atoms with Gasteiger partial charge in [0.25, 0.3) is 0 Å². The average Bonchev–Trinajstić information content (AvgIpc) is 2.99. The van der Waals surface area contributed by atoms with Gasteiger partial charge in [0.15, 0.2) is 0 Å². The van der Waals surface area contributed by atoms with E-state index in [0.717, 1.165) is 51.4 Å². The van der Waals surface area contributed by atoms with Gasteiger partial charge >= 0.3 is 6.03 Å². The second kappa shape index (κ2) is 5.44. The molecular formula is C14H23N5O. The Hall–Kier alpha value is -1.56. The summed E-state index contributed by atoms with van der Waals surface area (Å²) in [6.07, 6.45) is 5.98. The fraction of sp³-hybridized carbons (Fsp3) is 0.714. The zero-order chi connectivity index (χ0) is 14.1. The van der Waals surface area contributed by atoms with E-state index in [1.54, 1.807) is 0 Å². The summed E-state index contributed by atoms with van der Waals surface area (Å²) in [6.45, 7) is 4.76. The first-order valence-corrected chi connectivity index (χ1v) is 7.35. The van der Waals surface area contributed by atoms with Crippen LogP contribution in [0.3, 0.4) is 0 Å². The van der Waals surface area contributed by atoms with E-state index in [1.165, 1.54) is 0 Å². The van der Waals surface area contributed by atoms with Crippen LogP contribution in [-0.2, 0) is 13.6 Å². The smallest absolute Gasteiger partial charge is 0.320 e. The van der Waals surface area contributed by atoms with Crippen LogP contribution >= 0.6 is 0 Å². The van der Waals surface area contributed by atoms with Gasteiger partial charge < -0.3 is 14.4 Å². The average molecular weight is 277 g/mol. The van der Waals surface area contributed by atoms with Crippen molar-refractivity contribution in [3.63, 3.8) is 0 Å². The minimum absolute atomic E-state index is 0.201. The third kappa shape index (κ3) is 2.52. The summed E-state index contributed by atoms with van der Waals surface area (Å²) in [5.41, 5.74) is 0. The summed E-state index contributed by atoms with van der Waals surface area (Å²) in [5.74, 6) is 1.11. The van der Waals surface area contributed by atoms with Crippen LogP contribution in [0.15, 0.2) is 12.4 Å². The summed E-state index contributed by atoms with van der Waals surface area (Å²) in [5, 5.41) is 0. The highest BCUT2D eigenvalue weighted by atomic mass is 16.2. The lowest BCUT2D eigenvalue weighted by Gasteiger charge is -2.36. The van der Waals surface area contributed by atoms with Gasteiger partial charge in [0, 0.05) is 58.7 Å². The molecule has 0 radical (unpaired) electrons. The minimum Gasteiger partial charge on any atom is -0.337 e. The maximum atomic E-state index is 12.0. The molecule has 1 aromatic rings. The number of imidazole rings is 1. The number of rotatable bonds is 3. The van der Waals surface area contributed by atoms with E-state index >= 15 is 0 Å². The maximum Gasteiger partial charge on any atom is 0.320 e. The molecule has 0 aromatic carbocycles. The molecule has 0 bridgehead atoms. The van der Waals surface area contributed by atoms with Crippen molar-refractivity contribution in [1.29, 1.82) is 0 Å². The first-order valence-electron chi connectivity index (χ1n) is 7.35. The molecule has 2 amide bonds. The van der Waals surface area contributed by atoms with Crippen LogP contribution in [-0.4, -0.2) is 69.6 Å². The van der Waals surface area contributed by atoms with Gasteiger partial charge in [-0.3, -0.25) is 4.90 Å². The number of piperidine rings is 1. The Kier molecular flexibility index (Phi) is 3.65. The van der Waals surface area contributed by atoms with Gasteiger partial charge in [-0.1, -0.05) is 0 Å². The number of hydrogen-bond acceptors (Lipinski definition) is 3. The summed E-state index contributed by atoms with van der Waals surface area (Å²) in [4.78, 5) is 22.7. The van der Waals surface area contributed by atoms with Gasteiger partial charge in [-0.05, 0) is 12.8 Å². The van der Waals surface area contributed by atoms with Crippen molar-refractivity contribution < 1.29 is 4.79 Å². The third-order valence-electron chi connectivity index (χ3n) is 4.53. The standard InChI is InChI=1S/C14H23N5O/c1-16-8-5-15-13(16)11-18-6-3-12(4-7-18)19-10-9-17(2)14(19)20/h5,8,12H,3-4,6-7,9-11H2,1-2H3. The second-order valence-electron chi connectivity index (χ2n) is 5.86. The fourth-order valence-corrected chi connectivity index (χ4v) is 3.15. The molecule has 0 N–H and O–H groups in total. The van der Waals surface area contributed by atoms with E-state index in [0.29, 0.717) is 6.04 Å². The highest BCUT2D eigenvalue weighted by Crippen LogP contribution is 2.21. The van der Waals surface area contributed by atoms with E-state index in [1.807, 2.05) is 31.4 Å². The molecule has 0 spiro atoms. The van der Waals surface area contributed by atoms with Crippen molar-refractivity contribution in [2.24, 2.45) is 7.05 Å². The molecule has 2 saturated heterocycles. The highest BCUT2D eigenvalue weighted by Gasteiger charge is 2.33. The molecule has 20 heavy (non-hydrogen) atoms. The highest BCUT2D eigenvalue weighted by molar-refractivity contribution is 5.76. The second-order valence-corrected chi connectivity index (χ2v) is 5.86. The number of nitrogens with zero attached hydrogens (tertiary/aromatic N) is 5. The molecule has 3 heterocycles. The van der Waals surface area contributed by atoms with Crippen molar-refractivity contribution in [1.82, 2.24) is 24.3 Å². The molecule has 1 aromatic heterocycles. The Bertz CT molecular complexity index is 478. The van der Waals surface area contributed by atoms with Crippen LogP contribution < -0.4 is 0 Å². The van der Waals surface area contributed by atoms with Gasteiger partial charge in [0.1, 0.15) is 5.82 Å². The maximum absolute atomic E-state index is 12.0. The summed E-state index contributed by atoms with van der Waals surface area (Å²) >= 11 is 0. The lowest BCUT2D eigenvalue weighted by atomic mass is 10.0. The summed E-state index contributed by atoms with van der Waals surface area (Å²) in [7, 11) is 3.92. The first-order chi connectivity index (χ1) is 9.65. The van der Waals surface area contributed by atoms with Crippen molar-refractivity contribution >= 4 is 6.03 Å². The molecule has 2 fully saturated rings. The van der Waals surface area contributed by atoms with Crippen molar-refractivity contribution in [3.05, 3.63) is 18.2 Å². The van der Waals surface area contributed by atoms with Crippen molar-refractivity contribution in [2.75, 3.05) is 33.2 Å². The van der Waals surface area contributed by atoms with Crippen LogP contribution in [0.4, 0.5) is 4.79 Å². The number of urea groups is 1. The zero-order valence-electron chi connectivity index (χ0n) is 12.3. The third-order valence-corrected chi connectivity index (χ3v) is 4.53. The SMILES string of the molecule is CN1CCN(C2CCN(Cc3nccn3C)CC2)C1=O. The molecule has 2 aliphatic rings. The molecule has 6 nitrogen and oxygen atoms in total. The molecule has 0 unspecified atom stereocenters. The monoisotopic (exact) mass is 277 g/mol. The fourth-order valence-electron chi connectivity index (χ4n) is 3.15. The van der Waals surface area contributed by atoms with E-state index in [-0.39, 0.29) is 6.03 Å². The number of amides is 2. The lowest BCUT2D eigenvalue weighted by molar-refractivity contribution is 0.125. The largest absolute Gasteiger partial charge is 0.337 e. The van der Waals surface area contributed by atoms with Crippen LogP contribution in [0, 0.1) is 0 Å². The molecule has 2 aliphatic heterocycles. The number of aryl methyl sites for hydroxylation is 1. The Morgan fingerprint density at radius 3 is 2.50 bits per heavy atom. The molecule has 6 heteroatoms. The molecule has 0 aliphatic carbocycles. The molecule has 3 rings (SSSR count). The van der Waals surface area contributed by atoms with Gasteiger partial charge in [-0.15, -0.1) is 0 Å². The first kappa shape index (κ1) is 13.4. The summed E-state index contributed by atoms with van der Waals surface area (Å²) < 4.78 is 2.07. The normalized spacial score (nSPS) is 22.0. The molecule has 0 atom stereocenters. The van der Waals surface area contributed by atoms with Gasteiger partial charge in [0.05, 0.1) is 6.54 Å². The topological polar surface area (TPSA) is 44.6 Å². The molecular weight excluding hydrogens is 254 g/mol. The van der Waals surface area contributed by atoms with Gasteiger partial charge in [0.2, 0.25) is 0 Å². The number of likely N-dealkylation sites (tertiary alicyclic amines) is 1. The van der Waals surface area contributed by atoms with Crippen molar-refractivity contribution in [3.8, 4) is 0 Å². The minimum atomic E-state index is 0.201. The van der Waals surface area contributed by atoms with Crippen LogP contribution in [0.25, 0.3) is 0 Å². The van der Waals surface area contributed by atoms with Crippen LogP contribution in [0.1, 0.15) is 18.7 Å². The zero-order valence-corrected chi connectivity index (χ0v) is 12.3. The number of likely N-dealkylation sites (N-methyl/N-ethyl adjacent to an activating group) is 1. The van der Waals surface area contributed by atoms with E-state index in [4.69, 9.17) is 0 Å². The molecule has 0 saturated carbocycles. The number of hydrogen-bond donors (Lipinski definition) is 0. The van der Waals surface area contributed by atoms with Crippen LogP contribution in [0.2, 0.25) is 0 Å². The lowest BCUT2D eigenvalue weighted by Crippen LogP contribution is -2.46. The molecule has 110 valence electrons. The quantitative estimate of drug-likeness (QED) is 0.819. The predicted octanol–water partition coefficient (Wildman–Crippen LogP) is 0.752. The Morgan fingerprint density at radius 2 is 1.95 bits per heavy atom. The van der Waals surface area contributed by atoms with E-state index in [9.17, 15) is 4.79 Å². The Balaban J connectivity index is 1.52. The Morgan fingerprint density at radius 1 is 1.20 bits per heavy atom. The van der Waals surface area contributed by atoms with E-state index < -0.39 is 0 Å². The van der Waals surface area contributed by atoms with E-state index in [2.05, 4.69) is 19.4 Å². The summed E-state index contributed by atoms with van der Waals surface area (Å²) in [6, 6.07) is 0.623. The number of aromatic nitrogens is 2.